The van der Waals surface area contributed by atoms with Crippen LogP contribution in [0, 0.1) is 6.92 Å². The van der Waals surface area contributed by atoms with Crippen molar-refractivity contribution in [3.63, 3.8) is 0 Å². The maximum atomic E-state index is 3.91. The van der Waals surface area contributed by atoms with Gasteiger partial charge in [0, 0.05) is 0 Å². The van der Waals surface area contributed by atoms with Gasteiger partial charge in [-0.3, -0.25) is 0 Å². The molecule has 1 aromatic heterocycles. The molecule has 50 valence electrons. The zero-order valence-corrected chi connectivity index (χ0v) is 6.70. The van der Waals surface area contributed by atoms with Crippen molar-refractivity contribution in [1.29, 1.82) is 0 Å². The standard InChI is InChI=1S/C6H10N2S/c1-4(2)6-5(3)7-8-9-6/h4H,1-3H3. The zero-order valence-electron chi connectivity index (χ0n) is 5.88. The van der Waals surface area contributed by atoms with E-state index in [1.807, 2.05) is 6.92 Å². The van der Waals surface area contributed by atoms with E-state index >= 15 is 0 Å². The summed E-state index contributed by atoms with van der Waals surface area (Å²) in [4.78, 5) is 1.30. The smallest absolute Gasteiger partial charge is 0.0759 e. The second-order valence-corrected chi connectivity index (χ2v) is 3.16. The number of aromatic nitrogens is 2. The molecule has 2 nitrogen and oxygen atoms in total. The summed E-state index contributed by atoms with van der Waals surface area (Å²) in [5.74, 6) is 0.574. The molecule has 0 spiro atoms. The third-order valence-electron chi connectivity index (χ3n) is 1.21. The normalized spacial score (nSPS) is 10.7. The van der Waals surface area contributed by atoms with E-state index in [1.165, 1.54) is 16.4 Å². The highest BCUT2D eigenvalue weighted by Gasteiger charge is 2.05. The molecule has 0 bridgehead atoms. The van der Waals surface area contributed by atoms with Crippen LogP contribution < -0.4 is 0 Å². The number of nitrogens with zero attached hydrogens (tertiary/aromatic N) is 2. The lowest BCUT2D eigenvalue weighted by Gasteiger charge is -1.97. The van der Waals surface area contributed by atoms with E-state index in [0.717, 1.165) is 5.69 Å². The van der Waals surface area contributed by atoms with Crippen LogP contribution in [0.3, 0.4) is 0 Å². The van der Waals surface area contributed by atoms with Crippen molar-refractivity contribution in [2.45, 2.75) is 26.7 Å². The summed E-state index contributed by atoms with van der Waals surface area (Å²) in [6.07, 6.45) is 0. The molecule has 3 heteroatoms. The van der Waals surface area contributed by atoms with Crippen LogP contribution in [0.1, 0.15) is 30.3 Å². The van der Waals surface area contributed by atoms with Gasteiger partial charge in [-0.2, -0.15) is 0 Å². The molecule has 1 aromatic rings. The van der Waals surface area contributed by atoms with Gasteiger partial charge >= 0.3 is 0 Å². The Labute approximate surface area is 59.1 Å². The molecule has 0 amide bonds. The molecule has 0 saturated carbocycles. The van der Waals surface area contributed by atoms with Gasteiger partial charge in [0.15, 0.2) is 0 Å². The molecule has 0 aromatic carbocycles. The molecule has 0 fully saturated rings. The third kappa shape index (κ3) is 1.27. The molecule has 0 saturated heterocycles. The molecule has 0 unspecified atom stereocenters. The van der Waals surface area contributed by atoms with Crippen LogP contribution in [0.4, 0.5) is 0 Å². The number of rotatable bonds is 1. The van der Waals surface area contributed by atoms with Crippen LogP contribution in [0.15, 0.2) is 0 Å². The van der Waals surface area contributed by atoms with Gasteiger partial charge in [-0.15, -0.1) is 5.10 Å². The lowest BCUT2D eigenvalue weighted by Crippen LogP contribution is -1.84. The fourth-order valence-corrected chi connectivity index (χ4v) is 1.40. The molecule has 0 aliphatic heterocycles. The second kappa shape index (κ2) is 2.43. The Morgan fingerprint density at radius 1 is 1.44 bits per heavy atom. The highest BCUT2D eigenvalue weighted by Crippen LogP contribution is 2.19. The Kier molecular flexibility index (Phi) is 1.81. The minimum Gasteiger partial charge on any atom is -0.143 e. The maximum Gasteiger partial charge on any atom is 0.0759 e. The maximum absolute atomic E-state index is 3.91. The second-order valence-electron chi connectivity index (χ2n) is 2.38. The van der Waals surface area contributed by atoms with Crippen molar-refractivity contribution in [2.24, 2.45) is 0 Å². The van der Waals surface area contributed by atoms with Gasteiger partial charge in [0.05, 0.1) is 10.6 Å². The van der Waals surface area contributed by atoms with E-state index in [4.69, 9.17) is 0 Å². The van der Waals surface area contributed by atoms with Crippen LogP contribution in [0.5, 0.6) is 0 Å². The van der Waals surface area contributed by atoms with Crippen molar-refractivity contribution in [2.75, 3.05) is 0 Å². The van der Waals surface area contributed by atoms with Crippen LogP contribution in [0.2, 0.25) is 0 Å². The van der Waals surface area contributed by atoms with Gasteiger partial charge in [0.25, 0.3) is 0 Å². The van der Waals surface area contributed by atoms with Gasteiger partial charge in [-0.1, -0.05) is 18.3 Å². The Morgan fingerprint density at radius 2 is 2.11 bits per heavy atom. The fraction of sp³-hybridized carbons (Fsp3) is 0.667. The summed E-state index contributed by atoms with van der Waals surface area (Å²) < 4.78 is 3.83. The van der Waals surface area contributed by atoms with E-state index in [1.54, 1.807) is 0 Å². The van der Waals surface area contributed by atoms with Gasteiger partial charge in [-0.05, 0) is 24.4 Å². The van der Waals surface area contributed by atoms with Gasteiger partial charge < -0.3 is 0 Å². The number of aryl methyl sites for hydroxylation is 1. The van der Waals surface area contributed by atoms with Crippen molar-refractivity contribution in [3.8, 4) is 0 Å². The molecule has 0 radical (unpaired) electrons. The Balaban J connectivity index is 2.94. The van der Waals surface area contributed by atoms with E-state index in [0.29, 0.717) is 5.92 Å². The van der Waals surface area contributed by atoms with E-state index < -0.39 is 0 Å². The van der Waals surface area contributed by atoms with Crippen molar-refractivity contribution in [1.82, 2.24) is 9.59 Å². The summed E-state index contributed by atoms with van der Waals surface area (Å²) in [7, 11) is 0. The molecular formula is C6H10N2S. The summed E-state index contributed by atoms with van der Waals surface area (Å²) >= 11 is 1.50. The lowest BCUT2D eigenvalue weighted by atomic mass is 10.1. The summed E-state index contributed by atoms with van der Waals surface area (Å²) in [5, 5.41) is 3.91. The molecule has 0 aliphatic rings. The SMILES string of the molecule is Cc1nnsc1C(C)C. The summed E-state index contributed by atoms with van der Waals surface area (Å²) in [6, 6.07) is 0. The van der Waals surface area contributed by atoms with Crippen molar-refractivity contribution < 1.29 is 0 Å². The monoisotopic (exact) mass is 142 g/mol. The van der Waals surface area contributed by atoms with Crippen LogP contribution in [-0.4, -0.2) is 9.59 Å². The largest absolute Gasteiger partial charge is 0.143 e. The topological polar surface area (TPSA) is 25.8 Å². The molecule has 0 N–H and O–H groups in total. The molecule has 1 heterocycles. The third-order valence-corrected chi connectivity index (χ3v) is 2.34. The first kappa shape index (κ1) is 6.68. The Morgan fingerprint density at radius 3 is 2.33 bits per heavy atom. The molecule has 1 rings (SSSR count). The van der Waals surface area contributed by atoms with E-state index in [2.05, 4.69) is 23.4 Å². The van der Waals surface area contributed by atoms with Crippen molar-refractivity contribution in [3.05, 3.63) is 10.6 Å². The van der Waals surface area contributed by atoms with Gasteiger partial charge in [0.1, 0.15) is 0 Å². The molecule has 9 heavy (non-hydrogen) atoms. The van der Waals surface area contributed by atoms with Crippen LogP contribution >= 0.6 is 11.5 Å². The minimum absolute atomic E-state index is 0.574. The quantitative estimate of drug-likeness (QED) is 0.599. The number of hydrogen-bond acceptors (Lipinski definition) is 3. The average Bonchev–Trinajstić information content (AvgIpc) is 2.13. The molecule has 0 atom stereocenters. The zero-order chi connectivity index (χ0) is 6.85. The lowest BCUT2D eigenvalue weighted by molar-refractivity contribution is 0.870. The highest BCUT2D eigenvalue weighted by molar-refractivity contribution is 7.05. The minimum atomic E-state index is 0.574. The fourth-order valence-electron chi connectivity index (χ4n) is 0.764. The van der Waals surface area contributed by atoms with Crippen molar-refractivity contribution >= 4 is 11.5 Å². The van der Waals surface area contributed by atoms with Gasteiger partial charge in [0.2, 0.25) is 0 Å². The average molecular weight is 142 g/mol. The van der Waals surface area contributed by atoms with Gasteiger partial charge in [-0.25, -0.2) is 0 Å². The van der Waals surface area contributed by atoms with E-state index in [9.17, 15) is 0 Å². The van der Waals surface area contributed by atoms with Crippen LogP contribution in [0.25, 0.3) is 0 Å². The number of hydrogen-bond donors (Lipinski definition) is 0. The summed E-state index contributed by atoms with van der Waals surface area (Å²) in [6.45, 7) is 6.31. The van der Waals surface area contributed by atoms with E-state index in [-0.39, 0.29) is 0 Å². The first-order valence-electron chi connectivity index (χ1n) is 3.00. The first-order chi connectivity index (χ1) is 4.22. The predicted octanol–water partition coefficient (Wildman–Crippen LogP) is 1.97. The molecule has 0 aliphatic carbocycles. The molecular weight excluding hydrogens is 132 g/mol. The first-order valence-corrected chi connectivity index (χ1v) is 3.78. The predicted molar refractivity (Wildman–Crippen MR) is 38.7 cm³/mol. The highest BCUT2D eigenvalue weighted by atomic mass is 32.1. The summed E-state index contributed by atoms with van der Waals surface area (Å²) in [5.41, 5.74) is 1.08. The van der Waals surface area contributed by atoms with Crippen LogP contribution in [-0.2, 0) is 0 Å². The Bertz CT molecular complexity index is 193. The Hall–Kier alpha value is -0.440.